The zero-order valence-electron chi connectivity index (χ0n) is 79.6. The molecule has 43 nitrogen and oxygen atoms in total. The Morgan fingerprint density at radius 3 is 1.40 bits per heavy atom. The molecule has 0 spiro atoms. The van der Waals surface area contributed by atoms with Crippen molar-refractivity contribution < 1.29 is 106 Å². The molecule has 0 unspecified atom stereocenters. The summed E-state index contributed by atoms with van der Waals surface area (Å²) >= 11 is 0. The number of aliphatic hydroxyl groups is 2. The van der Waals surface area contributed by atoms with Gasteiger partial charge in [0, 0.05) is 43.4 Å². The zero-order chi connectivity index (χ0) is 99.7. The number of rotatable bonds is 51. The SMILES string of the molecule is CC[C@@](C)(NC(=O)C(C)(C)NC(=O)[C@H](C)NC(=O)[C@H](CO)NC(=O)C(C)(C)NC(C)=O)C(=O)N[C@H](CCC(N)=O)C(=O)N[C@@](C)(CC)C(=O)N[C@H](C(=O)NC(C)(C)C(=O)NCC(=O)N[C@@H](CC(C)C)C(=O)NC(C)(C)C(=O)N1CCC[C@@H]1C(=O)N[C@H](CC(C)C)C(=O)NC(C)(C)C(=O)NC(C)(C)C(=O)N[C@@H](CCC(N)=O)C(=O)N[C@H](CO)Cc1c[nH]c2ccccc12)C(C)C. The average Bonchev–Trinajstić information content (AvgIpc) is 1.77. The number of aliphatic hydroxyl groups excluding tert-OH is 2. The summed E-state index contributed by atoms with van der Waals surface area (Å²) < 4.78 is 0. The number of likely N-dealkylation sites (tertiary alicyclic amines) is 1. The number of H-pyrrole nitrogens is 1. The molecule has 0 aliphatic carbocycles. The van der Waals surface area contributed by atoms with Gasteiger partial charge in [-0.1, -0.05) is 73.6 Å². The lowest BCUT2D eigenvalue weighted by molar-refractivity contribution is -0.145. The number of nitrogens with two attached hydrogens (primary N) is 2. The molecule has 3 rings (SSSR count). The Morgan fingerprint density at radius 2 is 0.892 bits per heavy atom. The monoisotopic (exact) mass is 1830 g/mol. The van der Waals surface area contributed by atoms with Crippen molar-refractivity contribution in [2.45, 2.75) is 335 Å². The van der Waals surface area contributed by atoms with Crippen LogP contribution < -0.4 is 102 Å². The summed E-state index contributed by atoms with van der Waals surface area (Å²) in [6.07, 6.45) is 0.808. The summed E-state index contributed by atoms with van der Waals surface area (Å²) in [6.45, 7) is 32.4. The van der Waals surface area contributed by atoms with Crippen molar-refractivity contribution in [2.24, 2.45) is 29.2 Å². The molecule has 0 saturated carbocycles. The third-order valence-corrected chi connectivity index (χ3v) is 22.3. The first kappa shape index (κ1) is 112. The van der Waals surface area contributed by atoms with E-state index in [1.807, 2.05) is 24.3 Å². The Morgan fingerprint density at radius 1 is 0.454 bits per heavy atom. The van der Waals surface area contributed by atoms with E-state index in [0.29, 0.717) is 6.42 Å². The lowest BCUT2D eigenvalue weighted by Gasteiger charge is -2.36. The average molecular weight is 1840 g/mol. The summed E-state index contributed by atoms with van der Waals surface area (Å²) in [5.41, 5.74) is -1.58. The molecule has 20 amide bonds. The smallest absolute Gasteiger partial charge is 0.248 e. The molecule has 0 bridgehead atoms. The lowest BCUT2D eigenvalue weighted by atomic mass is 9.92. The fraction of sp³-hybridized carbons (Fsp3) is 0.678. The summed E-state index contributed by atoms with van der Waals surface area (Å²) in [6, 6.07) is -4.43. The molecule has 2 heterocycles. The minimum Gasteiger partial charge on any atom is -0.394 e. The van der Waals surface area contributed by atoms with Gasteiger partial charge in [0.15, 0.2) is 0 Å². The normalized spacial score (nSPS) is 15.9. The van der Waals surface area contributed by atoms with Crippen LogP contribution in [0.1, 0.15) is 236 Å². The van der Waals surface area contributed by atoms with E-state index in [9.17, 15) is 106 Å². The van der Waals surface area contributed by atoms with E-state index in [1.54, 1.807) is 47.7 Å². The molecule has 0 radical (unpaired) electrons. The van der Waals surface area contributed by atoms with Gasteiger partial charge < -0.3 is 122 Å². The molecule has 1 aliphatic heterocycles. The number of carbonyl (C=O) groups is 20. The Kier molecular flexibility index (Phi) is 41.1. The molecule has 1 aliphatic rings. The van der Waals surface area contributed by atoms with Gasteiger partial charge in [-0.15, -0.1) is 0 Å². The number of amides is 20. The predicted octanol–water partition coefficient (Wildman–Crippen LogP) is -3.06. The molecule has 2 aromatic rings. The molecule has 130 heavy (non-hydrogen) atoms. The third kappa shape index (κ3) is 33.2. The number of aromatic amines is 1. The van der Waals surface area contributed by atoms with Crippen LogP contribution in [0.4, 0.5) is 0 Å². The highest BCUT2D eigenvalue weighted by Crippen LogP contribution is 2.26. The second-order valence-electron chi connectivity index (χ2n) is 38.1. The molecule has 1 fully saturated rings. The maximum Gasteiger partial charge on any atom is 0.248 e. The summed E-state index contributed by atoms with van der Waals surface area (Å²) in [5, 5.41) is 64.7. The summed E-state index contributed by atoms with van der Waals surface area (Å²) in [7, 11) is 0. The number of aromatic nitrogens is 1. The number of fused-ring (bicyclic) bond motifs is 1. The Labute approximate surface area is 759 Å². The van der Waals surface area contributed by atoms with Crippen LogP contribution >= 0.6 is 0 Å². The number of benzene rings is 1. The van der Waals surface area contributed by atoms with Gasteiger partial charge in [0.05, 0.1) is 25.8 Å². The van der Waals surface area contributed by atoms with Gasteiger partial charge >= 0.3 is 0 Å². The van der Waals surface area contributed by atoms with Gasteiger partial charge in [0.1, 0.15) is 92.6 Å². The van der Waals surface area contributed by atoms with Crippen molar-refractivity contribution >= 4 is 129 Å². The molecule has 1 aromatic carbocycles. The second kappa shape index (κ2) is 47.6. The van der Waals surface area contributed by atoms with E-state index >= 15 is 0 Å². The van der Waals surface area contributed by atoms with E-state index in [4.69, 9.17) is 11.5 Å². The molecule has 11 atom stereocenters. The largest absolute Gasteiger partial charge is 0.394 e. The first-order chi connectivity index (χ1) is 59.8. The Bertz CT molecular complexity index is 4480. The highest BCUT2D eigenvalue weighted by Gasteiger charge is 2.48. The van der Waals surface area contributed by atoms with Crippen LogP contribution in [0.5, 0.6) is 0 Å². The second-order valence-corrected chi connectivity index (χ2v) is 38.1. The van der Waals surface area contributed by atoms with E-state index < -0.39 is 255 Å². The van der Waals surface area contributed by atoms with Crippen LogP contribution in [-0.4, -0.2) is 263 Å². The van der Waals surface area contributed by atoms with Crippen molar-refractivity contribution in [3.8, 4) is 0 Å². The Hall–Kier alpha value is -11.9. The molecule has 1 saturated heterocycles. The van der Waals surface area contributed by atoms with E-state index in [2.05, 4.69) is 95.4 Å². The maximum absolute atomic E-state index is 14.6. The number of nitrogens with one attached hydrogen (secondary N) is 18. The standard InChI is InChI=1S/C87H143N21O22/c1-25-86(23,105-67(118)55(34-36-61(89)113)97-77(128)87(24,26-2)107-76(127)84(19,20)101-64(115)48(9)92-66(117)58(44-110)98-73(124)81(13,14)100-49(10)111)78(129)99-63(47(7)8)71(122)104-80(11,12)72(123)91-42-62(114)94-56(38-45(3)4)68(119)103-85(21,22)79(130)108-37-29-32-59(108)70(121)95-57(39-46(5)6)69(120)102-83(17,18)75(126)106-82(15,16)74(125)96-54(33-35-60(88)112)65(116)93-51(43-109)40-50-41-90-53-31-28-27-30-52(50)53/h27-28,30-31,41,45-48,51,54-59,63,90,109-110H,25-26,29,32-40,42-44H2,1-24H3,(H2,88,112)(H2,89,113)(H,91,123)(H,92,117)(H,93,116)(H,94,114)(H,95,121)(H,96,125)(H,97,128)(H,98,124)(H,99,129)(H,100,111)(H,101,115)(H,102,120)(H,103,119)(H,104,122)(H,105,118)(H,106,126)(H,107,127)/t48-,51-,54-,55+,56-,57+,58-,59+,63-,86-,87+/m0/s1. The zero-order valence-corrected chi connectivity index (χ0v) is 79.6. The van der Waals surface area contributed by atoms with Gasteiger partial charge in [-0.05, 0) is 191 Å². The number of carbonyl (C=O) groups excluding carboxylic acids is 20. The van der Waals surface area contributed by atoms with Gasteiger partial charge in [0.2, 0.25) is 118 Å². The van der Waals surface area contributed by atoms with Gasteiger partial charge in [-0.2, -0.15) is 0 Å². The van der Waals surface area contributed by atoms with Crippen LogP contribution in [0, 0.1) is 17.8 Å². The third-order valence-electron chi connectivity index (χ3n) is 22.3. The first-order valence-electron chi connectivity index (χ1n) is 43.7. The van der Waals surface area contributed by atoms with Crippen molar-refractivity contribution in [3.63, 3.8) is 0 Å². The van der Waals surface area contributed by atoms with Crippen molar-refractivity contribution in [1.82, 2.24) is 100 Å². The fourth-order valence-electron chi connectivity index (χ4n) is 13.7. The number of hydrogen-bond acceptors (Lipinski definition) is 22. The molecular weight excluding hydrogens is 1690 g/mol. The van der Waals surface area contributed by atoms with E-state index in [1.165, 1.54) is 130 Å². The highest BCUT2D eigenvalue weighted by atomic mass is 16.3. The first-order valence-corrected chi connectivity index (χ1v) is 43.7. The van der Waals surface area contributed by atoms with Crippen molar-refractivity contribution in [3.05, 3.63) is 36.0 Å². The van der Waals surface area contributed by atoms with Gasteiger partial charge in [-0.25, -0.2) is 0 Å². The highest BCUT2D eigenvalue weighted by molar-refractivity contribution is 6.04. The summed E-state index contributed by atoms with van der Waals surface area (Å²) in [4.78, 5) is 278. The Balaban J connectivity index is 1.69. The van der Waals surface area contributed by atoms with Crippen LogP contribution in [-0.2, 0) is 102 Å². The number of para-hydroxylation sites is 1. The fourth-order valence-corrected chi connectivity index (χ4v) is 13.7. The molecule has 24 N–H and O–H groups in total. The quantitative estimate of drug-likeness (QED) is 0.0313. The van der Waals surface area contributed by atoms with Crippen LogP contribution in [0.2, 0.25) is 0 Å². The van der Waals surface area contributed by atoms with E-state index in [-0.39, 0.29) is 69.7 Å². The number of nitrogens with zero attached hydrogens (tertiary/aromatic N) is 1. The van der Waals surface area contributed by atoms with Crippen molar-refractivity contribution in [1.29, 1.82) is 0 Å². The minimum absolute atomic E-state index is 0.0253. The summed E-state index contributed by atoms with van der Waals surface area (Å²) in [5.74, 6) is -18.0. The molecule has 728 valence electrons. The number of hydrogen-bond donors (Lipinski definition) is 22. The van der Waals surface area contributed by atoms with E-state index in [0.717, 1.165) is 16.5 Å². The van der Waals surface area contributed by atoms with Crippen LogP contribution in [0.3, 0.4) is 0 Å². The van der Waals surface area contributed by atoms with Crippen LogP contribution in [0.25, 0.3) is 10.9 Å². The predicted molar refractivity (Wildman–Crippen MR) is 478 cm³/mol. The number of primary amides is 2. The van der Waals surface area contributed by atoms with Crippen molar-refractivity contribution in [2.75, 3.05) is 26.3 Å². The molecule has 43 heteroatoms. The van der Waals surface area contributed by atoms with Gasteiger partial charge in [-0.3, -0.25) is 95.9 Å². The van der Waals surface area contributed by atoms with Crippen LogP contribution in [0.15, 0.2) is 30.5 Å². The maximum atomic E-state index is 14.6. The topological polar surface area (TPSA) is 657 Å². The molecule has 1 aromatic heterocycles. The minimum atomic E-state index is -1.87. The lowest BCUT2D eigenvalue weighted by Crippen LogP contribution is -2.67. The van der Waals surface area contributed by atoms with Gasteiger partial charge in [0.25, 0.3) is 0 Å². The molecular formula is C87H143N21O22.